The van der Waals surface area contributed by atoms with Gasteiger partial charge in [0.2, 0.25) is 5.16 Å². The molecule has 0 aliphatic rings. The molecule has 3 aromatic rings. The summed E-state index contributed by atoms with van der Waals surface area (Å²) in [6.45, 7) is 0.281. The molecule has 1 aromatic carbocycles. The van der Waals surface area contributed by atoms with Gasteiger partial charge in [-0.1, -0.05) is 39.3 Å². The molecule has 0 amide bonds. The molecule has 0 radical (unpaired) electrons. The first kappa shape index (κ1) is 17.5. The third kappa shape index (κ3) is 4.83. The van der Waals surface area contributed by atoms with Crippen molar-refractivity contribution in [2.24, 2.45) is 0 Å². The summed E-state index contributed by atoms with van der Waals surface area (Å²) in [5.41, 5.74) is 0. The minimum absolute atomic E-state index is 0.00867. The number of halogens is 2. The summed E-state index contributed by atoms with van der Waals surface area (Å²) in [6.07, 6.45) is 0. The van der Waals surface area contributed by atoms with E-state index >= 15 is 0 Å². The van der Waals surface area contributed by atoms with Gasteiger partial charge in [0.05, 0.1) is 15.0 Å². The van der Waals surface area contributed by atoms with Crippen LogP contribution in [0.15, 0.2) is 46.0 Å². The second-order valence-electron chi connectivity index (χ2n) is 4.62. The number of thiophene rings is 1. The number of carbonyl (C=O) groups is 1. The van der Waals surface area contributed by atoms with Crippen LogP contribution in [-0.2, 0) is 6.61 Å². The van der Waals surface area contributed by atoms with E-state index in [2.05, 4.69) is 31.1 Å². The number of thioether (sulfide) groups is 1. The smallest absolute Gasteiger partial charge is 0.208 e. The Bertz CT molecular complexity index is 835. The molecule has 0 aliphatic heterocycles. The van der Waals surface area contributed by atoms with E-state index in [-0.39, 0.29) is 18.1 Å². The van der Waals surface area contributed by atoms with Crippen LogP contribution in [0.3, 0.4) is 0 Å². The van der Waals surface area contributed by atoms with Crippen molar-refractivity contribution in [3.05, 3.63) is 55.9 Å². The highest BCUT2D eigenvalue weighted by Crippen LogP contribution is 2.24. The number of ether oxygens (including phenoxy) is 1. The van der Waals surface area contributed by atoms with Crippen LogP contribution in [0.1, 0.15) is 15.5 Å². The summed E-state index contributed by atoms with van der Waals surface area (Å²) in [5, 5.41) is 7.40. The molecule has 0 spiro atoms. The molecule has 3 rings (SSSR count). The zero-order valence-electron chi connectivity index (χ0n) is 12.2. The lowest BCUT2D eigenvalue weighted by Gasteiger charge is -2.03. The average molecular weight is 445 g/mol. The molecular formula is C15H11BrClN3O2S2. The van der Waals surface area contributed by atoms with Crippen molar-refractivity contribution < 1.29 is 9.53 Å². The first-order valence-electron chi connectivity index (χ1n) is 6.81. The standard InChI is InChI=1S/C15H11BrClN3O2S2/c16-9-1-3-10(4-2-9)22-7-14-18-15(20-19-14)23-8-11(21)12-5-6-13(17)24-12/h1-6H,7-8H2,(H,18,19,20). The molecule has 2 heterocycles. The zero-order chi connectivity index (χ0) is 16.9. The first-order chi connectivity index (χ1) is 11.6. The van der Waals surface area contributed by atoms with Gasteiger partial charge in [-0.25, -0.2) is 4.98 Å². The Hall–Kier alpha value is -1.35. The highest BCUT2D eigenvalue weighted by Gasteiger charge is 2.12. The van der Waals surface area contributed by atoms with Crippen LogP contribution >= 0.6 is 50.6 Å². The van der Waals surface area contributed by atoms with Gasteiger partial charge in [-0.3, -0.25) is 9.89 Å². The highest BCUT2D eigenvalue weighted by atomic mass is 79.9. The van der Waals surface area contributed by atoms with Crippen molar-refractivity contribution in [1.29, 1.82) is 0 Å². The van der Waals surface area contributed by atoms with Crippen LogP contribution in [0.5, 0.6) is 5.75 Å². The van der Waals surface area contributed by atoms with Crippen molar-refractivity contribution in [1.82, 2.24) is 15.2 Å². The molecule has 0 unspecified atom stereocenters. The van der Waals surface area contributed by atoms with Gasteiger partial charge in [0.15, 0.2) is 11.6 Å². The number of aromatic nitrogens is 3. The molecule has 0 saturated carbocycles. The summed E-state index contributed by atoms with van der Waals surface area (Å²) in [6, 6.07) is 11.0. The summed E-state index contributed by atoms with van der Waals surface area (Å²) >= 11 is 11.8. The Kier molecular flexibility index (Phi) is 5.94. The Labute approximate surface area is 159 Å². The number of rotatable bonds is 7. The molecule has 124 valence electrons. The van der Waals surface area contributed by atoms with E-state index < -0.39 is 0 Å². The Balaban J connectivity index is 1.50. The Morgan fingerprint density at radius 1 is 1.29 bits per heavy atom. The lowest BCUT2D eigenvalue weighted by molar-refractivity contribution is 0.102. The minimum atomic E-state index is 0.00867. The quantitative estimate of drug-likeness (QED) is 0.417. The minimum Gasteiger partial charge on any atom is -0.486 e. The third-order valence-electron chi connectivity index (χ3n) is 2.88. The van der Waals surface area contributed by atoms with Crippen LogP contribution in [0.25, 0.3) is 0 Å². The van der Waals surface area contributed by atoms with Crippen LogP contribution in [0, 0.1) is 0 Å². The fourth-order valence-corrected chi connectivity index (χ4v) is 3.79. The largest absolute Gasteiger partial charge is 0.486 e. The lowest BCUT2D eigenvalue weighted by Crippen LogP contribution is -2.00. The van der Waals surface area contributed by atoms with Gasteiger partial charge in [-0.2, -0.15) is 0 Å². The monoisotopic (exact) mass is 443 g/mol. The second kappa shape index (κ2) is 8.15. The molecule has 9 heteroatoms. The number of nitrogens with zero attached hydrogens (tertiary/aromatic N) is 2. The van der Waals surface area contributed by atoms with Crippen LogP contribution in [0.2, 0.25) is 4.34 Å². The fourth-order valence-electron chi connectivity index (χ4n) is 1.75. The second-order valence-corrected chi connectivity index (χ2v) is 8.20. The number of aromatic amines is 1. The van der Waals surface area contributed by atoms with Gasteiger partial charge >= 0.3 is 0 Å². The van der Waals surface area contributed by atoms with E-state index in [1.54, 1.807) is 12.1 Å². The van der Waals surface area contributed by atoms with E-state index in [0.717, 1.165) is 10.2 Å². The van der Waals surface area contributed by atoms with E-state index in [0.29, 0.717) is 20.2 Å². The number of benzene rings is 1. The Morgan fingerprint density at radius 2 is 2.08 bits per heavy atom. The summed E-state index contributed by atoms with van der Waals surface area (Å²) < 4.78 is 7.21. The van der Waals surface area contributed by atoms with Gasteiger partial charge in [0, 0.05) is 4.47 Å². The van der Waals surface area contributed by atoms with Gasteiger partial charge in [0.25, 0.3) is 0 Å². The first-order valence-corrected chi connectivity index (χ1v) is 9.78. The number of carbonyl (C=O) groups excluding carboxylic acids is 1. The molecule has 0 aliphatic carbocycles. The predicted molar refractivity (Wildman–Crippen MR) is 99.2 cm³/mol. The molecule has 0 saturated heterocycles. The molecule has 2 aromatic heterocycles. The van der Waals surface area contributed by atoms with E-state index in [1.807, 2.05) is 24.3 Å². The topological polar surface area (TPSA) is 67.9 Å². The summed E-state index contributed by atoms with van der Waals surface area (Å²) in [4.78, 5) is 17.0. The lowest BCUT2D eigenvalue weighted by atomic mass is 10.3. The van der Waals surface area contributed by atoms with Crippen molar-refractivity contribution in [3.63, 3.8) is 0 Å². The summed E-state index contributed by atoms with van der Waals surface area (Å²) in [7, 11) is 0. The molecule has 0 atom stereocenters. The normalized spacial score (nSPS) is 10.8. The van der Waals surface area contributed by atoms with Crippen LogP contribution < -0.4 is 4.74 Å². The molecule has 0 fully saturated rings. The van der Waals surface area contributed by atoms with Gasteiger partial charge in [0.1, 0.15) is 12.4 Å². The van der Waals surface area contributed by atoms with Gasteiger partial charge in [-0.15, -0.1) is 16.4 Å². The van der Waals surface area contributed by atoms with E-state index in [9.17, 15) is 4.79 Å². The maximum absolute atomic E-state index is 12.0. The number of nitrogens with one attached hydrogen (secondary N) is 1. The predicted octanol–water partition coefficient (Wildman–Crippen LogP) is 4.84. The molecule has 5 nitrogen and oxygen atoms in total. The fraction of sp³-hybridized carbons (Fsp3) is 0.133. The van der Waals surface area contributed by atoms with Crippen LogP contribution in [-0.4, -0.2) is 26.7 Å². The van der Waals surface area contributed by atoms with Crippen molar-refractivity contribution >= 4 is 56.4 Å². The maximum atomic E-state index is 12.0. The van der Waals surface area contributed by atoms with Crippen LogP contribution in [0.4, 0.5) is 0 Å². The average Bonchev–Trinajstić information content (AvgIpc) is 3.21. The number of hydrogen-bond acceptors (Lipinski definition) is 6. The SMILES string of the molecule is O=C(CSc1n[nH]c(COc2ccc(Br)cc2)n1)c1ccc(Cl)s1. The molecule has 0 bridgehead atoms. The van der Waals surface area contributed by atoms with Crippen molar-refractivity contribution in [3.8, 4) is 5.75 Å². The number of Topliss-reactive ketones (excluding diaryl/α,β-unsaturated/α-hetero) is 1. The van der Waals surface area contributed by atoms with Gasteiger partial charge < -0.3 is 4.74 Å². The van der Waals surface area contributed by atoms with Crippen molar-refractivity contribution in [2.45, 2.75) is 11.8 Å². The summed E-state index contributed by atoms with van der Waals surface area (Å²) in [5.74, 6) is 1.62. The number of ketones is 1. The molecular weight excluding hydrogens is 434 g/mol. The third-order valence-corrected chi connectivity index (χ3v) is 5.53. The van der Waals surface area contributed by atoms with E-state index in [4.69, 9.17) is 16.3 Å². The van der Waals surface area contributed by atoms with Crippen molar-refractivity contribution in [2.75, 3.05) is 5.75 Å². The molecule has 24 heavy (non-hydrogen) atoms. The highest BCUT2D eigenvalue weighted by molar-refractivity contribution is 9.10. The number of hydrogen-bond donors (Lipinski definition) is 1. The van der Waals surface area contributed by atoms with E-state index in [1.165, 1.54) is 23.1 Å². The zero-order valence-corrected chi connectivity index (χ0v) is 16.1. The maximum Gasteiger partial charge on any atom is 0.208 e. The van der Waals surface area contributed by atoms with Gasteiger partial charge in [-0.05, 0) is 36.4 Å². The number of H-pyrrole nitrogens is 1. The Morgan fingerprint density at radius 3 is 2.79 bits per heavy atom. The molecule has 1 N–H and O–H groups in total.